The van der Waals surface area contributed by atoms with E-state index in [4.69, 9.17) is 0 Å². The highest BCUT2D eigenvalue weighted by atomic mass is 19.1. The number of benzene rings is 1. The van der Waals surface area contributed by atoms with Crippen molar-refractivity contribution in [2.75, 3.05) is 5.32 Å². The summed E-state index contributed by atoms with van der Waals surface area (Å²) < 4.78 is 14.9. The molecule has 7 nitrogen and oxygen atoms in total. The first-order valence-electron chi connectivity index (χ1n) is 5.09. The van der Waals surface area contributed by atoms with Crippen LogP contribution >= 0.6 is 0 Å². The van der Waals surface area contributed by atoms with E-state index < -0.39 is 16.4 Å². The fourth-order valence-electron chi connectivity index (χ4n) is 1.43. The fraction of sp³-hybridized carbons (Fsp3) is 0.200. The lowest BCUT2D eigenvalue weighted by atomic mass is 10.2. The van der Waals surface area contributed by atoms with Gasteiger partial charge in [0.1, 0.15) is 0 Å². The van der Waals surface area contributed by atoms with Gasteiger partial charge in [-0.3, -0.25) is 14.8 Å². The third-order valence-corrected chi connectivity index (χ3v) is 2.43. The van der Waals surface area contributed by atoms with Gasteiger partial charge in [-0.2, -0.15) is 4.39 Å². The summed E-state index contributed by atoms with van der Waals surface area (Å²) in [6.45, 7) is 0.404. The van der Waals surface area contributed by atoms with Crippen molar-refractivity contribution in [3.05, 3.63) is 46.0 Å². The number of hydrogen-bond donors (Lipinski definition) is 1. The van der Waals surface area contributed by atoms with Gasteiger partial charge in [-0.25, -0.2) is 0 Å². The predicted octanol–water partition coefficient (Wildman–Crippen LogP) is 1.47. The molecule has 0 spiro atoms. The number of nitrogens with one attached hydrogen (secondary N) is 1. The number of nitro benzene ring substituents is 1. The van der Waals surface area contributed by atoms with E-state index in [0.29, 0.717) is 12.2 Å². The summed E-state index contributed by atoms with van der Waals surface area (Å²) >= 11 is 0. The maximum absolute atomic E-state index is 13.3. The van der Waals surface area contributed by atoms with E-state index in [2.05, 4.69) is 15.6 Å². The quantitative estimate of drug-likeness (QED) is 0.657. The van der Waals surface area contributed by atoms with Crippen LogP contribution in [0.4, 0.5) is 15.8 Å². The van der Waals surface area contributed by atoms with Crippen molar-refractivity contribution in [1.82, 2.24) is 15.0 Å². The molecule has 1 heterocycles. The average molecular weight is 251 g/mol. The minimum Gasteiger partial charge on any atom is -0.379 e. The second kappa shape index (κ2) is 4.78. The summed E-state index contributed by atoms with van der Waals surface area (Å²) in [5.41, 5.74) is 0.732. The minimum absolute atomic E-state index is 0.404. The van der Waals surface area contributed by atoms with Crippen molar-refractivity contribution < 1.29 is 9.31 Å². The summed E-state index contributed by atoms with van der Waals surface area (Å²) in [6.07, 6.45) is 1.58. The lowest BCUT2D eigenvalue weighted by Gasteiger charge is -2.06. The van der Waals surface area contributed by atoms with Crippen LogP contribution in [-0.4, -0.2) is 19.9 Å². The highest BCUT2D eigenvalue weighted by molar-refractivity contribution is 5.49. The van der Waals surface area contributed by atoms with Crippen molar-refractivity contribution in [3.8, 4) is 0 Å². The van der Waals surface area contributed by atoms with Crippen LogP contribution in [0.15, 0.2) is 24.4 Å². The molecule has 0 atom stereocenters. The summed E-state index contributed by atoms with van der Waals surface area (Å²) in [5.74, 6) is -0.867. The fourth-order valence-corrected chi connectivity index (χ4v) is 1.43. The molecule has 1 aromatic heterocycles. The second-order valence-corrected chi connectivity index (χ2v) is 3.63. The zero-order chi connectivity index (χ0) is 13.1. The Morgan fingerprint density at radius 2 is 2.33 bits per heavy atom. The van der Waals surface area contributed by atoms with Crippen LogP contribution in [0, 0.1) is 15.9 Å². The number of nitro groups is 1. The summed E-state index contributed by atoms with van der Waals surface area (Å²) in [6, 6.07) is 3.66. The Morgan fingerprint density at radius 3 is 2.89 bits per heavy atom. The molecule has 0 saturated heterocycles. The van der Waals surface area contributed by atoms with Crippen molar-refractivity contribution >= 4 is 11.4 Å². The molecule has 0 aliphatic heterocycles. The SMILES string of the molecule is Cn1nncc1CNc1ccc([N+](=O)[O-])c(F)c1. The predicted molar refractivity (Wildman–Crippen MR) is 61.4 cm³/mol. The van der Waals surface area contributed by atoms with E-state index in [0.717, 1.165) is 17.8 Å². The van der Waals surface area contributed by atoms with E-state index in [9.17, 15) is 14.5 Å². The van der Waals surface area contributed by atoms with Crippen LogP contribution in [0.2, 0.25) is 0 Å². The standard InChI is InChI=1S/C10H10FN5O2/c1-15-8(6-13-14-15)5-12-7-2-3-10(16(17)18)9(11)4-7/h2-4,6,12H,5H2,1H3. The van der Waals surface area contributed by atoms with Gasteiger partial charge in [0, 0.05) is 24.9 Å². The molecule has 18 heavy (non-hydrogen) atoms. The number of aromatic nitrogens is 3. The highest BCUT2D eigenvalue weighted by Crippen LogP contribution is 2.21. The molecule has 94 valence electrons. The third kappa shape index (κ3) is 2.42. The van der Waals surface area contributed by atoms with Gasteiger partial charge in [0.15, 0.2) is 0 Å². The molecule has 2 rings (SSSR count). The average Bonchev–Trinajstić information content (AvgIpc) is 2.72. The summed E-state index contributed by atoms with van der Waals surface area (Å²) in [5, 5.41) is 20.8. The molecule has 0 aliphatic carbocycles. The van der Waals surface area contributed by atoms with E-state index in [1.54, 1.807) is 17.9 Å². The molecule has 0 unspecified atom stereocenters. The van der Waals surface area contributed by atoms with Crippen LogP contribution in [0.25, 0.3) is 0 Å². The Morgan fingerprint density at radius 1 is 1.56 bits per heavy atom. The molecule has 2 aromatic rings. The van der Waals surface area contributed by atoms with Crippen LogP contribution in [0.5, 0.6) is 0 Å². The second-order valence-electron chi connectivity index (χ2n) is 3.63. The molecule has 0 fully saturated rings. The van der Waals surface area contributed by atoms with E-state index >= 15 is 0 Å². The van der Waals surface area contributed by atoms with Crippen LogP contribution in [0.3, 0.4) is 0 Å². The largest absolute Gasteiger partial charge is 0.379 e. The minimum atomic E-state index is -0.867. The van der Waals surface area contributed by atoms with Gasteiger partial charge >= 0.3 is 5.69 Å². The Labute approximate surface area is 101 Å². The molecular formula is C10H10FN5O2. The Kier molecular flexibility index (Phi) is 3.18. The van der Waals surface area contributed by atoms with E-state index in [1.165, 1.54) is 6.07 Å². The topological polar surface area (TPSA) is 85.9 Å². The van der Waals surface area contributed by atoms with Crippen LogP contribution < -0.4 is 5.32 Å². The summed E-state index contributed by atoms with van der Waals surface area (Å²) in [4.78, 5) is 9.69. The van der Waals surface area contributed by atoms with Crippen molar-refractivity contribution in [2.45, 2.75) is 6.54 Å². The lowest BCUT2D eigenvalue weighted by Crippen LogP contribution is -2.05. The number of anilines is 1. The maximum Gasteiger partial charge on any atom is 0.304 e. The molecule has 0 radical (unpaired) electrons. The third-order valence-electron chi connectivity index (χ3n) is 2.43. The monoisotopic (exact) mass is 251 g/mol. The van der Waals surface area contributed by atoms with E-state index in [-0.39, 0.29) is 0 Å². The van der Waals surface area contributed by atoms with Crippen molar-refractivity contribution in [2.24, 2.45) is 7.05 Å². The number of aryl methyl sites for hydroxylation is 1. The van der Waals surface area contributed by atoms with Crippen LogP contribution in [0.1, 0.15) is 5.69 Å². The van der Waals surface area contributed by atoms with Gasteiger partial charge < -0.3 is 5.32 Å². The molecule has 8 heteroatoms. The van der Waals surface area contributed by atoms with Gasteiger partial charge in [0.25, 0.3) is 0 Å². The van der Waals surface area contributed by atoms with Gasteiger partial charge in [0.2, 0.25) is 5.82 Å². The number of nitrogens with zero attached hydrogens (tertiary/aromatic N) is 4. The number of halogens is 1. The van der Waals surface area contributed by atoms with Crippen molar-refractivity contribution in [3.63, 3.8) is 0 Å². The molecular weight excluding hydrogens is 241 g/mol. The van der Waals surface area contributed by atoms with Crippen LogP contribution in [-0.2, 0) is 13.6 Å². The maximum atomic E-state index is 13.3. The lowest BCUT2D eigenvalue weighted by molar-refractivity contribution is -0.387. The number of rotatable bonds is 4. The van der Waals surface area contributed by atoms with Gasteiger partial charge in [-0.15, -0.1) is 5.10 Å². The highest BCUT2D eigenvalue weighted by Gasteiger charge is 2.13. The van der Waals surface area contributed by atoms with Crippen molar-refractivity contribution in [1.29, 1.82) is 0 Å². The molecule has 0 aliphatic rings. The molecule has 1 aromatic carbocycles. The number of hydrogen-bond acceptors (Lipinski definition) is 5. The molecule has 0 amide bonds. The molecule has 0 bridgehead atoms. The Bertz CT molecular complexity index is 583. The Hall–Kier alpha value is -2.51. The zero-order valence-electron chi connectivity index (χ0n) is 9.50. The Balaban J connectivity index is 2.09. The van der Waals surface area contributed by atoms with Gasteiger partial charge in [0.05, 0.1) is 23.4 Å². The first-order valence-corrected chi connectivity index (χ1v) is 5.09. The summed E-state index contributed by atoms with van der Waals surface area (Å²) in [7, 11) is 1.74. The molecule has 1 N–H and O–H groups in total. The zero-order valence-corrected chi connectivity index (χ0v) is 9.50. The smallest absolute Gasteiger partial charge is 0.304 e. The first kappa shape index (κ1) is 12.0. The van der Waals surface area contributed by atoms with Gasteiger partial charge in [-0.1, -0.05) is 5.21 Å². The molecule has 0 saturated carbocycles. The van der Waals surface area contributed by atoms with Gasteiger partial charge in [-0.05, 0) is 6.07 Å². The van der Waals surface area contributed by atoms with E-state index in [1.807, 2.05) is 0 Å². The normalized spacial score (nSPS) is 10.3. The first-order chi connectivity index (χ1) is 8.58.